The Morgan fingerprint density at radius 1 is 1.07 bits per heavy atom. The van der Waals surface area contributed by atoms with Crippen LogP contribution in [-0.4, -0.2) is 27.9 Å². The molecule has 6 nitrogen and oxygen atoms in total. The number of aromatic nitrogens is 2. The number of carbonyl (C=O) groups is 2. The van der Waals surface area contributed by atoms with Crippen molar-refractivity contribution < 1.29 is 14.3 Å². The molecular formula is C24H24N2O4. The number of ether oxygens (including phenoxy) is 1. The van der Waals surface area contributed by atoms with Crippen LogP contribution in [0.2, 0.25) is 0 Å². The molecule has 3 aromatic rings. The van der Waals surface area contributed by atoms with E-state index in [9.17, 15) is 14.4 Å². The van der Waals surface area contributed by atoms with Crippen LogP contribution in [0.3, 0.4) is 0 Å². The van der Waals surface area contributed by atoms with Gasteiger partial charge in [0.25, 0.3) is 5.56 Å². The first kappa shape index (κ1) is 20.0. The molecule has 6 heteroatoms. The molecule has 0 N–H and O–H groups in total. The smallest absolute Gasteiger partial charge is 0.338 e. The lowest BCUT2D eigenvalue weighted by atomic mass is 9.86. The van der Waals surface area contributed by atoms with Gasteiger partial charge in [0.1, 0.15) is 5.82 Å². The van der Waals surface area contributed by atoms with Gasteiger partial charge < -0.3 is 4.74 Å². The Balaban J connectivity index is 1.47. The summed E-state index contributed by atoms with van der Waals surface area (Å²) < 4.78 is 6.90. The van der Waals surface area contributed by atoms with E-state index in [1.54, 1.807) is 28.8 Å². The number of hydrogen-bond acceptors (Lipinski definition) is 5. The minimum atomic E-state index is -0.612. The molecule has 4 rings (SSSR count). The second-order valence-corrected chi connectivity index (χ2v) is 8.65. The van der Waals surface area contributed by atoms with Gasteiger partial charge in [0.05, 0.1) is 16.5 Å². The summed E-state index contributed by atoms with van der Waals surface area (Å²) in [7, 11) is 0. The molecule has 0 spiro atoms. The summed E-state index contributed by atoms with van der Waals surface area (Å²) in [6.07, 6.45) is 1.65. The van der Waals surface area contributed by atoms with E-state index >= 15 is 0 Å². The number of rotatable bonds is 4. The van der Waals surface area contributed by atoms with Crippen molar-refractivity contribution >= 4 is 22.7 Å². The zero-order chi connectivity index (χ0) is 21.5. The van der Waals surface area contributed by atoms with Gasteiger partial charge in [0, 0.05) is 18.5 Å². The Hall–Kier alpha value is -3.28. The highest BCUT2D eigenvalue weighted by atomic mass is 16.5. The average Bonchev–Trinajstić information content (AvgIpc) is 3.19. The molecule has 30 heavy (non-hydrogen) atoms. The largest absolute Gasteiger partial charge is 0.454 e. The molecule has 0 unspecified atom stereocenters. The second-order valence-electron chi connectivity index (χ2n) is 8.65. The summed E-state index contributed by atoms with van der Waals surface area (Å²) in [5.41, 5.74) is 2.30. The zero-order valence-corrected chi connectivity index (χ0v) is 17.4. The Labute approximate surface area is 174 Å². The van der Waals surface area contributed by atoms with Crippen molar-refractivity contribution in [1.29, 1.82) is 0 Å². The summed E-state index contributed by atoms with van der Waals surface area (Å²) in [6.45, 7) is 6.65. The number of ketones is 1. The Bertz CT molecular complexity index is 1200. The molecule has 2 heterocycles. The van der Waals surface area contributed by atoms with E-state index < -0.39 is 5.97 Å². The van der Waals surface area contributed by atoms with Crippen LogP contribution in [0.25, 0.3) is 10.9 Å². The number of Topliss-reactive ketones (excluding diaryl/α,β-unsaturated/α-hetero) is 1. The number of nitrogens with zero attached hydrogens (tertiary/aromatic N) is 2. The van der Waals surface area contributed by atoms with Gasteiger partial charge >= 0.3 is 5.97 Å². The molecule has 1 aliphatic heterocycles. The molecule has 0 saturated carbocycles. The van der Waals surface area contributed by atoms with Crippen molar-refractivity contribution in [2.45, 2.75) is 45.6 Å². The summed E-state index contributed by atoms with van der Waals surface area (Å²) in [5.74, 6) is -0.135. The number of aryl methyl sites for hydroxylation is 1. The fraction of sp³-hybridized carbons (Fsp3) is 0.333. The number of esters is 1. The number of fused-ring (bicyclic) bond motifs is 2. The second kappa shape index (κ2) is 7.52. The normalized spacial score (nSPS) is 13.3. The molecule has 0 radical (unpaired) electrons. The maximum Gasteiger partial charge on any atom is 0.338 e. The van der Waals surface area contributed by atoms with Gasteiger partial charge in [-0.3, -0.25) is 14.2 Å². The molecule has 0 aliphatic carbocycles. The van der Waals surface area contributed by atoms with E-state index in [-0.39, 0.29) is 28.9 Å². The quantitative estimate of drug-likeness (QED) is 0.490. The van der Waals surface area contributed by atoms with Crippen LogP contribution in [0.4, 0.5) is 0 Å². The first-order chi connectivity index (χ1) is 14.2. The van der Waals surface area contributed by atoms with Crippen LogP contribution in [0.15, 0.2) is 47.3 Å². The number of carbonyl (C=O) groups excluding carboxylic acids is 2. The van der Waals surface area contributed by atoms with Gasteiger partial charge in [-0.1, -0.05) is 45.0 Å². The van der Waals surface area contributed by atoms with Gasteiger partial charge in [0.2, 0.25) is 0 Å². The van der Waals surface area contributed by atoms with E-state index in [1.807, 2.05) is 12.1 Å². The topological polar surface area (TPSA) is 78.3 Å². The van der Waals surface area contributed by atoms with E-state index in [4.69, 9.17) is 4.74 Å². The predicted molar refractivity (Wildman–Crippen MR) is 114 cm³/mol. The molecule has 2 aromatic carbocycles. The van der Waals surface area contributed by atoms with Crippen LogP contribution < -0.4 is 5.56 Å². The summed E-state index contributed by atoms with van der Waals surface area (Å²) >= 11 is 0. The molecular weight excluding hydrogens is 380 g/mol. The summed E-state index contributed by atoms with van der Waals surface area (Å²) in [4.78, 5) is 41.9. The zero-order valence-electron chi connectivity index (χ0n) is 17.4. The molecule has 1 aromatic heterocycles. The number of benzene rings is 2. The van der Waals surface area contributed by atoms with E-state index in [2.05, 4.69) is 25.8 Å². The Morgan fingerprint density at radius 2 is 1.77 bits per heavy atom. The first-order valence-corrected chi connectivity index (χ1v) is 10.1. The highest BCUT2D eigenvalue weighted by molar-refractivity contribution is 6.00. The fourth-order valence-corrected chi connectivity index (χ4v) is 3.66. The fourth-order valence-electron chi connectivity index (χ4n) is 3.66. The van der Waals surface area contributed by atoms with Crippen LogP contribution in [0, 0.1) is 0 Å². The minimum Gasteiger partial charge on any atom is -0.454 e. The van der Waals surface area contributed by atoms with Crippen LogP contribution in [0.1, 0.15) is 59.3 Å². The number of hydrogen-bond donors (Lipinski definition) is 0. The van der Waals surface area contributed by atoms with E-state index in [1.165, 1.54) is 6.07 Å². The van der Waals surface area contributed by atoms with Gasteiger partial charge in [-0.05, 0) is 35.6 Å². The predicted octanol–water partition coefficient (Wildman–Crippen LogP) is 3.68. The van der Waals surface area contributed by atoms with Crippen LogP contribution in [-0.2, 0) is 23.1 Å². The Morgan fingerprint density at radius 3 is 2.47 bits per heavy atom. The van der Waals surface area contributed by atoms with Crippen LogP contribution in [0.5, 0.6) is 0 Å². The highest BCUT2D eigenvalue weighted by Crippen LogP contribution is 2.22. The van der Waals surface area contributed by atoms with Gasteiger partial charge in [-0.2, -0.15) is 0 Å². The molecule has 154 valence electrons. The molecule has 0 atom stereocenters. The SMILES string of the molecule is CC(C)(C)c1ccc(C(=O)COC(=O)c2ccc3c(=O)n4c(nc3c2)CCC4)cc1. The van der Waals surface area contributed by atoms with Gasteiger partial charge in [-0.25, -0.2) is 9.78 Å². The molecule has 0 fully saturated rings. The van der Waals surface area contributed by atoms with Crippen molar-refractivity contribution in [2.75, 3.05) is 6.61 Å². The maximum absolute atomic E-state index is 12.5. The van der Waals surface area contributed by atoms with Crippen molar-refractivity contribution in [1.82, 2.24) is 9.55 Å². The monoisotopic (exact) mass is 404 g/mol. The molecule has 0 saturated heterocycles. The van der Waals surface area contributed by atoms with Crippen LogP contribution >= 0.6 is 0 Å². The summed E-state index contributed by atoms with van der Waals surface area (Å²) in [5, 5.41) is 0.479. The van der Waals surface area contributed by atoms with Crippen molar-refractivity contribution in [3.8, 4) is 0 Å². The van der Waals surface area contributed by atoms with Crippen molar-refractivity contribution in [3.05, 3.63) is 75.3 Å². The van der Waals surface area contributed by atoms with E-state index in [0.717, 1.165) is 24.2 Å². The lowest BCUT2D eigenvalue weighted by molar-refractivity contribution is 0.0475. The third-order valence-corrected chi connectivity index (χ3v) is 5.46. The maximum atomic E-state index is 12.5. The van der Waals surface area contributed by atoms with Gasteiger partial charge in [-0.15, -0.1) is 0 Å². The third kappa shape index (κ3) is 3.77. The van der Waals surface area contributed by atoms with Crippen molar-refractivity contribution in [2.24, 2.45) is 0 Å². The lowest BCUT2D eigenvalue weighted by Crippen LogP contribution is -2.21. The van der Waals surface area contributed by atoms with Crippen molar-refractivity contribution in [3.63, 3.8) is 0 Å². The Kier molecular flexibility index (Phi) is 5.02. The van der Waals surface area contributed by atoms with Gasteiger partial charge in [0.15, 0.2) is 12.4 Å². The molecule has 0 bridgehead atoms. The minimum absolute atomic E-state index is 0.000736. The molecule has 1 aliphatic rings. The molecule has 0 amide bonds. The third-order valence-electron chi connectivity index (χ3n) is 5.46. The summed E-state index contributed by atoms with van der Waals surface area (Å²) in [6, 6.07) is 12.0. The first-order valence-electron chi connectivity index (χ1n) is 10.1. The standard InChI is InChI=1S/C24H24N2O4/c1-24(2,3)17-9-6-15(7-10-17)20(27)14-30-23(29)16-8-11-18-19(13-16)25-21-5-4-12-26(21)22(18)28/h6-11,13H,4-5,12,14H2,1-3H3. The lowest BCUT2D eigenvalue weighted by Gasteiger charge is -2.18. The average molecular weight is 404 g/mol. The highest BCUT2D eigenvalue weighted by Gasteiger charge is 2.19. The van der Waals surface area contributed by atoms with E-state index in [0.29, 0.717) is 23.0 Å².